The van der Waals surface area contributed by atoms with Crippen molar-refractivity contribution in [2.24, 2.45) is 0 Å². The maximum atomic E-state index is 13.5. The minimum absolute atomic E-state index is 0.0503. The van der Waals surface area contributed by atoms with E-state index in [4.69, 9.17) is 16.3 Å². The minimum atomic E-state index is -3.88. The summed E-state index contributed by atoms with van der Waals surface area (Å²) in [5.41, 5.74) is 0.607. The van der Waals surface area contributed by atoms with E-state index < -0.39 is 15.6 Å². The number of amides is 1. The van der Waals surface area contributed by atoms with Crippen LogP contribution in [0.2, 0.25) is 5.02 Å². The summed E-state index contributed by atoms with van der Waals surface area (Å²) in [7, 11) is -2.48. The highest BCUT2D eigenvalue weighted by Gasteiger charge is 2.37. The lowest BCUT2D eigenvalue weighted by Gasteiger charge is -2.30. The van der Waals surface area contributed by atoms with Gasteiger partial charge in [0.05, 0.1) is 13.2 Å². The van der Waals surface area contributed by atoms with Gasteiger partial charge in [0.15, 0.2) is 0 Å². The van der Waals surface area contributed by atoms with Gasteiger partial charge in [-0.1, -0.05) is 23.7 Å². The summed E-state index contributed by atoms with van der Waals surface area (Å²) >= 11 is 6.01. The first kappa shape index (κ1) is 23.6. The van der Waals surface area contributed by atoms with E-state index in [2.05, 4.69) is 4.72 Å². The molecule has 1 unspecified atom stereocenters. The fraction of sp³-hybridized carbons (Fsp3) is 0.435. The average Bonchev–Trinajstić information content (AvgIpc) is 3.51. The first-order valence-electron chi connectivity index (χ1n) is 10.2. The second kappa shape index (κ2) is 8.81. The van der Waals surface area contributed by atoms with Gasteiger partial charge in [-0.05, 0) is 76.4 Å². The van der Waals surface area contributed by atoms with Gasteiger partial charge in [-0.2, -0.15) is 0 Å². The maximum Gasteiger partial charge on any atom is 0.254 e. The highest BCUT2D eigenvalue weighted by molar-refractivity contribution is 7.89. The van der Waals surface area contributed by atoms with Crippen LogP contribution in [0.15, 0.2) is 47.4 Å². The van der Waals surface area contributed by atoms with Crippen LogP contribution in [0.5, 0.6) is 5.75 Å². The fourth-order valence-corrected chi connectivity index (χ4v) is 5.28. The van der Waals surface area contributed by atoms with Crippen LogP contribution in [0.3, 0.4) is 0 Å². The number of hydrogen-bond acceptors (Lipinski definition) is 4. The van der Waals surface area contributed by atoms with Crippen LogP contribution < -0.4 is 9.46 Å². The Hall–Kier alpha value is -2.09. The third-order valence-corrected chi connectivity index (χ3v) is 7.12. The predicted molar refractivity (Wildman–Crippen MR) is 122 cm³/mol. The standard InChI is InChI=1S/C23H29ClN2O4S/c1-15(16-6-9-18(24)10-7-16)26(19-11-12-19)22(27)17-8-13-20(30-5)21(14-17)31(28,29)25-23(2,3)4/h6-10,13-15,19,25H,11-12H2,1-5H3. The van der Waals surface area contributed by atoms with Crippen molar-refractivity contribution >= 4 is 27.5 Å². The molecule has 0 aromatic heterocycles. The Morgan fingerprint density at radius 1 is 1.16 bits per heavy atom. The van der Waals surface area contributed by atoms with Crippen LogP contribution in [-0.2, 0) is 10.0 Å². The van der Waals surface area contributed by atoms with E-state index in [0.29, 0.717) is 10.6 Å². The second-order valence-electron chi connectivity index (χ2n) is 8.89. The molecule has 0 spiro atoms. The number of rotatable bonds is 7. The molecule has 1 atom stereocenters. The van der Waals surface area contributed by atoms with E-state index in [9.17, 15) is 13.2 Å². The molecule has 3 rings (SSSR count). The third kappa shape index (κ3) is 5.59. The number of carbonyl (C=O) groups excluding carboxylic acids is 1. The average molecular weight is 465 g/mol. The molecule has 0 bridgehead atoms. The van der Waals surface area contributed by atoms with E-state index in [1.807, 2.05) is 24.0 Å². The highest BCUT2D eigenvalue weighted by Crippen LogP contribution is 2.37. The molecule has 2 aromatic carbocycles. The Kier molecular flexibility index (Phi) is 6.69. The lowest BCUT2D eigenvalue weighted by atomic mass is 10.0. The topological polar surface area (TPSA) is 75.7 Å². The van der Waals surface area contributed by atoms with Gasteiger partial charge in [0, 0.05) is 22.2 Å². The fourth-order valence-electron chi connectivity index (χ4n) is 3.54. The van der Waals surface area contributed by atoms with Crippen molar-refractivity contribution in [3.05, 3.63) is 58.6 Å². The molecular formula is C23H29ClN2O4S. The summed E-state index contributed by atoms with van der Waals surface area (Å²) in [4.78, 5) is 15.3. The van der Waals surface area contributed by atoms with E-state index >= 15 is 0 Å². The molecule has 1 amide bonds. The number of halogens is 1. The van der Waals surface area contributed by atoms with Crippen molar-refractivity contribution < 1.29 is 17.9 Å². The zero-order chi connectivity index (χ0) is 23.0. The molecule has 1 N–H and O–H groups in total. The second-order valence-corrected chi connectivity index (χ2v) is 11.0. The van der Waals surface area contributed by atoms with Crippen LogP contribution in [0.25, 0.3) is 0 Å². The SMILES string of the molecule is COc1ccc(C(=O)N(C2CC2)C(C)c2ccc(Cl)cc2)cc1S(=O)(=O)NC(C)(C)C. The van der Waals surface area contributed by atoms with Crippen LogP contribution in [0, 0.1) is 0 Å². The number of nitrogens with one attached hydrogen (secondary N) is 1. The normalized spacial score (nSPS) is 15.4. The number of hydrogen-bond donors (Lipinski definition) is 1. The minimum Gasteiger partial charge on any atom is -0.495 e. The molecule has 6 nitrogen and oxygen atoms in total. The number of benzene rings is 2. The van der Waals surface area contributed by atoms with Gasteiger partial charge in [-0.15, -0.1) is 0 Å². The number of nitrogens with zero attached hydrogens (tertiary/aromatic N) is 1. The zero-order valence-corrected chi connectivity index (χ0v) is 20.0. The molecule has 2 aromatic rings. The van der Waals surface area contributed by atoms with E-state index in [0.717, 1.165) is 18.4 Å². The summed E-state index contributed by atoms with van der Waals surface area (Å²) in [5, 5.41) is 0.636. The Labute approximate surface area is 189 Å². The summed E-state index contributed by atoms with van der Waals surface area (Å²) < 4.78 is 33.9. The number of ether oxygens (including phenoxy) is 1. The largest absolute Gasteiger partial charge is 0.495 e. The van der Waals surface area contributed by atoms with Crippen LogP contribution in [0.4, 0.5) is 0 Å². The lowest BCUT2D eigenvalue weighted by Crippen LogP contribution is -2.40. The maximum absolute atomic E-state index is 13.5. The predicted octanol–water partition coefficient (Wildman–Crippen LogP) is 4.79. The summed E-state index contributed by atoms with van der Waals surface area (Å²) in [6.07, 6.45) is 1.85. The van der Waals surface area contributed by atoms with Gasteiger partial charge in [-0.25, -0.2) is 13.1 Å². The molecule has 1 aliphatic carbocycles. The first-order chi connectivity index (χ1) is 14.4. The van der Waals surface area contributed by atoms with Gasteiger partial charge in [0.25, 0.3) is 5.91 Å². The van der Waals surface area contributed by atoms with E-state index in [1.165, 1.54) is 19.2 Å². The van der Waals surface area contributed by atoms with Gasteiger partial charge < -0.3 is 9.64 Å². The highest BCUT2D eigenvalue weighted by atomic mass is 35.5. The van der Waals surface area contributed by atoms with Crippen molar-refractivity contribution in [2.75, 3.05) is 7.11 Å². The van der Waals surface area contributed by atoms with Crippen molar-refractivity contribution in [1.29, 1.82) is 0 Å². The molecule has 0 radical (unpaired) electrons. The Morgan fingerprint density at radius 3 is 2.29 bits per heavy atom. The molecule has 31 heavy (non-hydrogen) atoms. The van der Waals surface area contributed by atoms with Crippen molar-refractivity contribution in [2.45, 2.75) is 63.1 Å². The quantitative estimate of drug-likeness (QED) is 0.639. The van der Waals surface area contributed by atoms with E-state index in [1.54, 1.807) is 39.0 Å². The van der Waals surface area contributed by atoms with Gasteiger partial charge in [0.1, 0.15) is 10.6 Å². The molecule has 0 saturated heterocycles. The number of methoxy groups -OCH3 is 1. The van der Waals surface area contributed by atoms with Gasteiger partial charge >= 0.3 is 0 Å². The molecular weight excluding hydrogens is 436 g/mol. The van der Waals surface area contributed by atoms with Gasteiger partial charge in [0.2, 0.25) is 10.0 Å². The molecule has 168 valence electrons. The van der Waals surface area contributed by atoms with Gasteiger partial charge in [-0.3, -0.25) is 4.79 Å². The lowest BCUT2D eigenvalue weighted by molar-refractivity contribution is 0.0673. The number of sulfonamides is 1. The summed E-state index contributed by atoms with van der Waals surface area (Å²) in [6.45, 7) is 7.25. The first-order valence-corrected chi connectivity index (χ1v) is 12.1. The van der Waals surface area contributed by atoms with Crippen LogP contribution in [0.1, 0.15) is 62.5 Å². The third-order valence-electron chi connectivity index (χ3n) is 5.09. The molecule has 1 aliphatic rings. The van der Waals surface area contributed by atoms with Crippen LogP contribution in [-0.4, -0.2) is 37.9 Å². The summed E-state index contributed by atoms with van der Waals surface area (Å²) in [5.74, 6) is -0.0168. The van der Waals surface area contributed by atoms with E-state index in [-0.39, 0.29) is 28.6 Å². The monoisotopic (exact) mass is 464 g/mol. The van der Waals surface area contributed by atoms with Crippen LogP contribution >= 0.6 is 11.6 Å². The van der Waals surface area contributed by atoms with Crippen molar-refractivity contribution in [1.82, 2.24) is 9.62 Å². The Morgan fingerprint density at radius 2 is 1.77 bits per heavy atom. The zero-order valence-electron chi connectivity index (χ0n) is 18.5. The molecule has 0 heterocycles. The smallest absolute Gasteiger partial charge is 0.254 e. The molecule has 0 aliphatic heterocycles. The molecule has 1 fully saturated rings. The summed E-state index contributed by atoms with van der Waals surface area (Å²) in [6, 6.07) is 11.9. The van der Waals surface area contributed by atoms with Crippen molar-refractivity contribution in [3.63, 3.8) is 0 Å². The molecule has 8 heteroatoms. The molecule has 1 saturated carbocycles. The van der Waals surface area contributed by atoms with Crippen molar-refractivity contribution in [3.8, 4) is 5.75 Å². The Balaban J connectivity index is 1.98. The number of carbonyl (C=O) groups is 1. The Bertz CT molecular complexity index is 1060.